The van der Waals surface area contributed by atoms with Crippen LogP contribution in [0.4, 0.5) is 11.5 Å². The van der Waals surface area contributed by atoms with E-state index in [9.17, 15) is 4.79 Å². The maximum atomic E-state index is 12.9. The molecular formula is C20H23N3O3. The van der Waals surface area contributed by atoms with Crippen molar-refractivity contribution in [1.82, 2.24) is 9.88 Å². The smallest absolute Gasteiger partial charge is 0.254 e. The van der Waals surface area contributed by atoms with Gasteiger partial charge in [-0.15, -0.1) is 0 Å². The highest BCUT2D eigenvalue weighted by Gasteiger charge is 2.40. The molecule has 1 aromatic heterocycles. The van der Waals surface area contributed by atoms with Crippen LogP contribution < -0.4 is 4.90 Å². The average molecular weight is 353 g/mol. The number of para-hydroxylation sites is 1. The van der Waals surface area contributed by atoms with Gasteiger partial charge in [-0.1, -0.05) is 18.2 Å². The first-order valence-electron chi connectivity index (χ1n) is 8.99. The summed E-state index contributed by atoms with van der Waals surface area (Å²) in [6, 6.07) is 13.6. The molecular weight excluding hydrogens is 330 g/mol. The summed E-state index contributed by atoms with van der Waals surface area (Å²) in [5.41, 5.74) is 1.68. The summed E-state index contributed by atoms with van der Waals surface area (Å²) in [4.78, 5) is 21.2. The monoisotopic (exact) mass is 353 g/mol. The van der Waals surface area contributed by atoms with Gasteiger partial charge in [0.1, 0.15) is 5.82 Å². The Morgan fingerprint density at radius 1 is 1.12 bits per heavy atom. The number of benzene rings is 1. The third-order valence-electron chi connectivity index (χ3n) is 5.11. The van der Waals surface area contributed by atoms with Crippen LogP contribution in [0.3, 0.4) is 0 Å². The molecule has 4 rings (SSSR count). The molecule has 0 N–H and O–H groups in total. The molecule has 26 heavy (non-hydrogen) atoms. The van der Waals surface area contributed by atoms with Gasteiger partial charge >= 0.3 is 0 Å². The topological polar surface area (TPSA) is 54.9 Å². The van der Waals surface area contributed by atoms with Crippen LogP contribution in [0.15, 0.2) is 48.7 Å². The summed E-state index contributed by atoms with van der Waals surface area (Å²) >= 11 is 0. The molecule has 2 aromatic rings. The minimum atomic E-state index is -0.465. The lowest BCUT2D eigenvalue weighted by Crippen LogP contribution is -2.47. The number of amides is 1. The number of hydrogen-bond acceptors (Lipinski definition) is 5. The molecule has 2 fully saturated rings. The number of anilines is 2. The van der Waals surface area contributed by atoms with Crippen molar-refractivity contribution in [2.24, 2.45) is 0 Å². The summed E-state index contributed by atoms with van der Waals surface area (Å²) in [6.45, 7) is 2.58. The molecule has 2 aliphatic heterocycles. The second-order valence-electron chi connectivity index (χ2n) is 6.70. The molecule has 0 radical (unpaired) electrons. The Hall–Kier alpha value is -2.44. The Labute approximate surface area is 153 Å². The summed E-state index contributed by atoms with van der Waals surface area (Å²) in [5.74, 6) is 0.314. The van der Waals surface area contributed by atoms with E-state index >= 15 is 0 Å². The SMILES string of the molecule is CN(c1ccccc1)c1cc(C(=O)N2CCC3(CC2)OCCO3)ccn1. The highest BCUT2D eigenvalue weighted by Crippen LogP contribution is 2.32. The van der Waals surface area contributed by atoms with Crippen LogP contribution in [-0.4, -0.2) is 54.9 Å². The van der Waals surface area contributed by atoms with Crippen LogP contribution in [0, 0.1) is 0 Å². The maximum absolute atomic E-state index is 12.9. The minimum absolute atomic E-state index is 0.0305. The number of hydrogen-bond donors (Lipinski definition) is 0. The predicted octanol–water partition coefficient (Wildman–Crippen LogP) is 2.83. The fraction of sp³-hybridized carbons (Fsp3) is 0.400. The zero-order chi connectivity index (χ0) is 18.0. The van der Waals surface area contributed by atoms with Gasteiger partial charge in [0.05, 0.1) is 13.2 Å². The largest absolute Gasteiger partial charge is 0.347 e. The van der Waals surface area contributed by atoms with Crippen LogP contribution in [0.5, 0.6) is 0 Å². The molecule has 1 aromatic carbocycles. The van der Waals surface area contributed by atoms with Gasteiger partial charge in [0.2, 0.25) is 0 Å². The average Bonchev–Trinajstić information content (AvgIpc) is 3.16. The number of rotatable bonds is 3. The molecule has 2 aliphatic rings. The molecule has 6 heteroatoms. The van der Waals surface area contributed by atoms with Crippen LogP contribution in [0.2, 0.25) is 0 Å². The van der Waals surface area contributed by atoms with E-state index in [4.69, 9.17) is 9.47 Å². The number of carbonyl (C=O) groups excluding carboxylic acids is 1. The molecule has 136 valence electrons. The van der Waals surface area contributed by atoms with E-state index in [2.05, 4.69) is 4.98 Å². The molecule has 0 unspecified atom stereocenters. The van der Waals surface area contributed by atoms with E-state index in [0.717, 1.165) is 24.3 Å². The number of ether oxygens (including phenoxy) is 2. The Kier molecular flexibility index (Phi) is 4.61. The Balaban J connectivity index is 1.47. The molecule has 0 saturated carbocycles. The highest BCUT2D eigenvalue weighted by molar-refractivity contribution is 5.95. The lowest BCUT2D eigenvalue weighted by atomic mass is 10.0. The predicted molar refractivity (Wildman–Crippen MR) is 98.5 cm³/mol. The van der Waals surface area contributed by atoms with Crippen LogP contribution in [-0.2, 0) is 9.47 Å². The third-order valence-corrected chi connectivity index (χ3v) is 5.11. The third kappa shape index (κ3) is 3.30. The van der Waals surface area contributed by atoms with E-state index in [1.54, 1.807) is 12.3 Å². The summed E-state index contributed by atoms with van der Waals surface area (Å²) < 4.78 is 11.5. The van der Waals surface area contributed by atoms with Crippen molar-refractivity contribution >= 4 is 17.4 Å². The zero-order valence-electron chi connectivity index (χ0n) is 14.9. The Morgan fingerprint density at radius 3 is 2.50 bits per heavy atom. The number of likely N-dealkylation sites (tertiary alicyclic amines) is 1. The molecule has 2 saturated heterocycles. The first kappa shape index (κ1) is 17.0. The van der Waals surface area contributed by atoms with Crippen LogP contribution >= 0.6 is 0 Å². The van der Waals surface area contributed by atoms with Gasteiger partial charge in [-0.2, -0.15) is 0 Å². The second-order valence-corrected chi connectivity index (χ2v) is 6.70. The van der Waals surface area contributed by atoms with Crippen molar-refractivity contribution in [3.8, 4) is 0 Å². The normalized spacial score (nSPS) is 18.9. The van der Waals surface area contributed by atoms with Crippen molar-refractivity contribution in [2.75, 3.05) is 38.3 Å². The summed E-state index contributed by atoms with van der Waals surface area (Å²) in [6.07, 6.45) is 3.14. The van der Waals surface area contributed by atoms with Crippen molar-refractivity contribution in [3.63, 3.8) is 0 Å². The first-order chi connectivity index (χ1) is 12.7. The van der Waals surface area contributed by atoms with Gasteiger partial charge in [0.15, 0.2) is 5.79 Å². The molecule has 1 amide bonds. The van der Waals surface area contributed by atoms with Gasteiger partial charge < -0.3 is 19.3 Å². The van der Waals surface area contributed by atoms with Gasteiger partial charge in [-0.05, 0) is 24.3 Å². The van der Waals surface area contributed by atoms with E-state index in [1.165, 1.54) is 0 Å². The molecule has 0 atom stereocenters. The van der Waals surface area contributed by atoms with Crippen molar-refractivity contribution in [2.45, 2.75) is 18.6 Å². The maximum Gasteiger partial charge on any atom is 0.254 e. The van der Waals surface area contributed by atoms with Crippen molar-refractivity contribution in [3.05, 3.63) is 54.2 Å². The number of aromatic nitrogens is 1. The van der Waals surface area contributed by atoms with Crippen LogP contribution in [0.25, 0.3) is 0 Å². The van der Waals surface area contributed by atoms with Gasteiger partial charge in [0.25, 0.3) is 5.91 Å². The highest BCUT2D eigenvalue weighted by atomic mass is 16.7. The fourth-order valence-corrected chi connectivity index (χ4v) is 3.54. The first-order valence-corrected chi connectivity index (χ1v) is 8.99. The van der Waals surface area contributed by atoms with Crippen molar-refractivity contribution < 1.29 is 14.3 Å². The lowest BCUT2D eigenvalue weighted by molar-refractivity contribution is -0.181. The lowest BCUT2D eigenvalue weighted by Gasteiger charge is -2.37. The number of carbonyl (C=O) groups is 1. The second kappa shape index (κ2) is 7.05. The summed E-state index contributed by atoms with van der Waals surface area (Å²) in [5, 5.41) is 0. The molecule has 0 aliphatic carbocycles. The fourth-order valence-electron chi connectivity index (χ4n) is 3.54. The van der Waals surface area contributed by atoms with Crippen LogP contribution in [0.1, 0.15) is 23.2 Å². The van der Waals surface area contributed by atoms with E-state index in [1.807, 2.05) is 53.2 Å². The summed E-state index contributed by atoms with van der Waals surface area (Å²) in [7, 11) is 1.95. The Morgan fingerprint density at radius 2 is 1.81 bits per heavy atom. The number of pyridine rings is 1. The van der Waals surface area contributed by atoms with E-state index < -0.39 is 5.79 Å². The molecule has 3 heterocycles. The number of nitrogens with zero attached hydrogens (tertiary/aromatic N) is 3. The quantitative estimate of drug-likeness (QED) is 0.849. The minimum Gasteiger partial charge on any atom is -0.347 e. The van der Waals surface area contributed by atoms with Gasteiger partial charge in [0, 0.05) is 50.4 Å². The van der Waals surface area contributed by atoms with Gasteiger partial charge in [-0.3, -0.25) is 4.79 Å². The zero-order valence-corrected chi connectivity index (χ0v) is 14.9. The molecule has 6 nitrogen and oxygen atoms in total. The standard InChI is InChI=1S/C20H23N3O3/c1-22(17-5-3-2-4-6-17)18-15-16(7-10-21-18)19(24)23-11-8-20(9-12-23)25-13-14-26-20/h2-7,10,15H,8-9,11-14H2,1H3. The molecule has 1 spiro atoms. The Bertz CT molecular complexity index is 765. The number of piperidine rings is 1. The van der Waals surface area contributed by atoms with Gasteiger partial charge in [-0.25, -0.2) is 4.98 Å². The van der Waals surface area contributed by atoms with E-state index in [0.29, 0.717) is 31.9 Å². The van der Waals surface area contributed by atoms with E-state index in [-0.39, 0.29) is 5.91 Å². The molecule has 0 bridgehead atoms. The van der Waals surface area contributed by atoms with Crippen molar-refractivity contribution in [1.29, 1.82) is 0 Å².